The van der Waals surface area contributed by atoms with E-state index in [-0.39, 0.29) is 0 Å². The Balaban J connectivity index is 1.89. The summed E-state index contributed by atoms with van der Waals surface area (Å²) in [6, 6.07) is 8.18. The summed E-state index contributed by atoms with van der Waals surface area (Å²) in [6.07, 6.45) is 4.77. The van der Waals surface area contributed by atoms with Crippen molar-refractivity contribution in [3.8, 4) is 20.9 Å². The molecule has 1 aromatic carbocycles. The van der Waals surface area contributed by atoms with Gasteiger partial charge in [-0.1, -0.05) is 45.2 Å². The van der Waals surface area contributed by atoms with Gasteiger partial charge in [-0.25, -0.2) is 0 Å². The Kier molecular flexibility index (Phi) is 5.87. The van der Waals surface area contributed by atoms with Crippen molar-refractivity contribution in [1.82, 2.24) is 15.0 Å². The van der Waals surface area contributed by atoms with Gasteiger partial charge in [-0.3, -0.25) is 0 Å². The number of hydrogen-bond acceptors (Lipinski definition) is 6. The first-order valence-corrected chi connectivity index (χ1v) is 11.9. The normalized spacial score (nSPS) is 12.6. The molecule has 152 valence electrons. The predicted octanol–water partition coefficient (Wildman–Crippen LogP) is 6.27. The van der Waals surface area contributed by atoms with Gasteiger partial charge in [0.25, 0.3) is 0 Å². The van der Waals surface area contributed by atoms with Crippen LogP contribution in [-0.2, 0) is 6.54 Å². The number of nitrogens with zero attached hydrogens (tertiary/aromatic N) is 3. The summed E-state index contributed by atoms with van der Waals surface area (Å²) < 4.78 is 0. The predicted molar refractivity (Wildman–Crippen MR) is 126 cm³/mol. The van der Waals surface area contributed by atoms with Gasteiger partial charge in [0.15, 0.2) is 0 Å². The molecule has 4 N–H and O–H groups in total. The van der Waals surface area contributed by atoms with Crippen LogP contribution in [0.1, 0.15) is 39.5 Å². The summed E-state index contributed by atoms with van der Waals surface area (Å²) in [4.78, 5) is 4.01. The number of fused-ring (bicyclic) bond motifs is 1. The molecule has 5 nitrogen and oxygen atoms in total. The van der Waals surface area contributed by atoms with E-state index in [9.17, 15) is 0 Å². The molecule has 0 amide bonds. The fourth-order valence-corrected chi connectivity index (χ4v) is 5.35. The Labute approximate surface area is 179 Å². The lowest BCUT2D eigenvalue weighted by Gasteiger charge is -2.12. The highest BCUT2D eigenvalue weighted by Gasteiger charge is 2.24. The Morgan fingerprint density at radius 2 is 1.48 bits per heavy atom. The summed E-state index contributed by atoms with van der Waals surface area (Å²) in [6.45, 7) is 5.30. The summed E-state index contributed by atoms with van der Waals surface area (Å²) in [5.41, 5.74) is 17.8. The zero-order valence-corrected chi connectivity index (χ0v) is 18.5. The van der Waals surface area contributed by atoms with E-state index in [2.05, 4.69) is 26.0 Å². The van der Waals surface area contributed by atoms with Gasteiger partial charge in [-0.05, 0) is 35.2 Å². The van der Waals surface area contributed by atoms with Crippen LogP contribution < -0.4 is 11.5 Å². The van der Waals surface area contributed by atoms with Crippen molar-refractivity contribution in [2.75, 3.05) is 11.5 Å². The molecule has 3 heterocycles. The molecule has 7 heteroatoms. The second-order valence-electron chi connectivity index (χ2n) is 7.40. The summed E-state index contributed by atoms with van der Waals surface area (Å²) in [5.74, 6) is 0.571. The Bertz CT molecular complexity index is 1000. The monoisotopic (exact) mass is 425 g/mol. The molecule has 0 aliphatic carbocycles. The standard InChI is InChI=1S/C22H27N5S2/c1-3-5-8-14(4-2)13-27-25-21-17(15-9-6-11-28-15)19(23)20(24)18(22(21)26-27)16-10-7-12-29-16/h6-7,9-12,14H,3-5,8,13,23-24H2,1-2H3. The van der Waals surface area contributed by atoms with Crippen LogP contribution in [0, 0.1) is 5.92 Å². The highest BCUT2D eigenvalue weighted by Crippen LogP contribution is 2.46. The van der Waals surface area contributed by atoms with E-state index in [0.29, 0.717) is 17.3 Å². The van der Waals surface area contributed by atoms with Gasteiger partial charge in [0.05, 0.1) is 17.9 Å². The third-order valence-corrected chi connectivity index (χ3v) is 7.23. The molecule has 0 radical (unpaired) electrons. The second kappa shape index (κ2) is 8.55. The van der Waals surface area contributed by atoms with Crippen LogP contribution in [0.5, 0.6) is 0 Å². The average molecular weight is 426 g/mol. The minimum absolute atomic E-state index is 0.571. The van der Waals surface area contributed by atoms with Gasteiger partial charge in [0, 0.05) is 20.9 Å². The van der Waals surface area contributed by atoms with Crippen molar-refractivity contribution in [2.45, 2.75) is 46.1 Å². The number of rotatable bonds is 8. The molecule has 29 heavy (non-hydrogen) atoms. The van der Waals surface area contributed by atoms with Crippen molar-refractivity contribution in [1.29, 1.82) is 0 Å². The lowest BCUT2D eigenvalue weighted by Crippen LogP contribution is -2.12. The average Bonchev–Trinajstić information content (AvgIpc) is 3.48. The van der Waals surface area contributed by atoms with E-state index in [0.717, 1.165) is 44.9 Å². The molecule has 0 fully saturated rings. The molecule has 1 atom stereocenters. The maximum Gasteiger partial charge on any atom is 0.124 e. The van der Waals surface area contributed by atoms with E-state index in [1.807, 2.05) is 27.7 Å². The van der Waals surface area contributed by atoms with Gasteiger partial charge in [-0.2, -0.15) is 15.0 Å². The highest BCUT2D eigenvalue weighted by atomic mass is 32.1. The number of nitrogens with two attached hydrogens (primary N) is 2. The molecule has 0 saturated carbocycles. The van der Waals surface area contributed by atoms with Gasteiger partial charge < -0.3 is 11.5 Å². The number of hydrogen-bond donors (Lipinski definition) is 2. The Morgan fingerprint density at radius 3 is 1.90 bits per heavy atom. The smallest absolute Gasteiger partial charge is 0.124 e. The van der Waals surface area contributed by atoms with Gasteiger partial charge in [0.1, 0.15) is 11.0 Å². The van der Waals surface area contributed by atoms with Crippen LogP contribution in [0.2, 0.25) is 0 Å². The number of anilines is 2. The fraction of sp³-hybridized carbons (Fsp3) is 0.364. The first-order chi connectivity index (χ1) is 14.1. The maximum atomic E-state index is 6.56. The van der Waals surface area contributed by atoms with Crippen LogP contribution in [0.25, 0.3) is 31.9 Å². The Hall–Kier alpha value is -2.38. The van der Waals surface area contributed by atoms with Gasteiger partial charge >= 0.3 is 0 Å². The SMILES string of the molecule is CCCCC(CC)Cn1nc2c(-c3cccs3)c(N)c(N)c(-c3cccs3)c2n1. The Morgan fingerprint density at radius 1 is 0.931 bits per heavy atom. The molecule has 4 aromatic rings. The third-order valence-electron chi connectivity index (χ3n) is 5.46. The van der Waals surface area contributed by atoms with E-state index in [4.69, 9.17) is 21.7 Å². The minimum Gasteiger partial charge on any atom is -0.396 e. The summed E-state index contributed by atoms with van der Waals surface area (Å²) in [7, 11) is 0. The van der Waals surface area contributed by atoms with Crippen molar-refractivity contribution in [2.24, 2.45) is 5.92 Å². The maximum absolute atomic E-state index is 6.56. The van der Waals surface area contributed by atoms with Crippen molar-refractivity contribution < 1.29 is 0 Å². The number of thiophene rings is 2. The molecule has 0 aliphatic heterocycles. The zero-order valence-electron chi connectivity index (χ0n) is 16.9. The first-order valence-electron chi connectivity index (χ1n) is 10.2. The summed E-state index contributed by atoms with van der Waals surface area (Å²) in [5, 5.41) is 13.9. The molecular weight excluding hydrogens is 398 g/mol. The van der Waals surface area contributed by atoms with Crippen molar-refractivity contribution >= 4 is 45.1 Å². The van der Waals surface area contributed by atoms with Crippen LogP contribution in [-0.4, -0.2) is 15.0 Å². The molecule has 0 spiro atoms. The van der Waals surface area contributed by atoms with E-state index < -0.39 is 0 Å². The molecule has 1 unspecified atom stereocenters. The number of nitrogen functional groups attached to an aromatic ring is 2. The van der Waals surface area contributed by atoms with Crippen molar-refractivity contribution in [3.63, 3.8) is 0 Å². The second-order valence-corrected chi connectivity index (χ2v) is 9.30. The number of benzene rings is 1. The lowest BCUT2D eigenvalue weighted by molar-refractivity contribution is 0.351. The van der Waals surface area contributed by atoms with Gasteiger partial charge in [-0.15, -0.1) is 22.7 Å². The fourth-order valence-electron chi connectivity index (χ4n) is 3.78. The van der Waals surface area contributed by atoms with Crippen LogP contribution in [0.15, 0.2) is 35.0 Å². The number of aromatic nitrogens is 3. The molecule has 0 bridgehead atoms. The molecule has 3 aromatic heterocycles. The quantitative estimate of drug-likeness (QED) is 0.326. The zero-order chi connectivity index (χ0) is 20.4. The minimum atomic E-state index is 0.571. The molecule has 0 aliphatic rings. The number of unbranched alkanes of at least 4 members (excludes halogenated alkanes) is 1. The first kappa shape index (κ1) is 19.9. The highest BCUT2D eigenvalue weighted by molar-refractivity contribution is 7.14. The molecule has 4 rings (SSSR count). The van der Waals surface area contributed by atoms with Gasteiger partial charge in [0.2, 0.25) is 0 Å². The topological polar surface area (TPSA) is 82.8 Å². The van der Waals surface area contributed by atoms with Crippen molar-refractivity contribution in [3.05, 3.63) is 35.0 Å². The van der Waals surface area contributed by atoms with Crippen LogP contribution >= 0.6 is 22.7 Å². The van der Waals surface area contributed by atoms with E-state index >= 15 is 0 Å². The van der Waals surface area contributed by atoms with E-state index in [1.165, 1.54) is 19.3 Å². The molecule has 0 saturated heterocycles. The summed E-state index contributed by atoms with van der Waals surface area (Å²) >= 11 is 3.29. The van der Waals surface area contributed by atoms with E-state index in [1.54, 1.807) is 22.7 Å². The lowest BCUT2D eigenvalue weighted by atomic mass is 10.00. The third kappa shape index (κ3) is 3.76. The van der Waals surface area contributed by atoms with Crippen LogP contribution in [0.3, 0.4) is 0 Å². The molecular formula is C22H27N5S2. The largest absolute Gasteiger partial charge is 0.396 e. The van der Waals surface area contributed by atoms with Crippen LogP contribution in [0.4, 0.5) is 11.4 Å².